The van der Waals surface area contributed by atoms with Crippen molar-refractivity contribution in [1.82, 2.24) is 4.90 Å². The Morgan fingerprint density at radius 1 is 1.00 bits per heavy atom. The molecule has 0 aliphatic heterocycles. The maximum atomic E-state index is 11.2. The molecule has 24 heavy (non-hydrogen) atoms. The van der Waals surface area contributed by atoms with Crippen molar-refractivity contribution in [3.63, 3.8) is 0 Å². The number of benzene rings is 1. The second-order valence-electron chi connectivity index (χ2n) is 6.33. The van der Waals surface area contributed by atoms with Gasteiger partial charge in [0.2, 0.25) is 0 Å². The third kappa shape index (κ3) is 7.96. The zero-order valence-electron chi connectivity index (χ0n) is 16.1. The van der Waals surface area contributed by atoms with E-state index < -0.39 is 0 Å². The van der Waals surface area contributed by atoms with E-state index in [-0.39, 0.29) is 0 Å². The monoisotopic (exact) mass is 333 g/mol. The highest BCUT2D eigenvalue weighted by molar-refractivity contribution is 5.87. The average Bonchev–Trinajstić information content (AvgIpc) is 3.27. The highest BCUT2D eigenvalue weighted by atomic mass is 16.5. The van der Waals surface area contributed by atoms with Crippen LogP contribution in [-0.2, 0) is 4.79 Å². The van der Waals surface area contributed by atoms with Gasteiger partial charge >= 0.3 is 0 Å². The van der Waals surface area contributed by atoms with Gasteiger partial charge in [-0.05, 0) is 43.6 Å². The summed E-state index contributed by atoms with van der Waals surface area (Å²) in [5.74, 6) is 1.49. The summed E-state index contributed by atoms with van der Waals surface area (Å²) in [7, 11) is 0. The van der Waals surface area contributed by atoms with Crippen molar-refractivity contribution in [2.24, 2.45) is 0 Å². The molecule has 3 heteroatoms. The number of fused-ring (bicyclic) bond motifs is 1. The Kier molecular flexibility index (Phi) is 10.4. The molecule has 3 nitrogen and oxygen atoms in total. The van der Waals surface area contributed by atoms with Gasteiger partial charge in [-0.2, -0.15) is 0 Å². The molecule has 0 spiro atoms. The van der Waals surface area contributed by atoms with Crippen LogP contribution in [0, 0.1) is 0 Å². The van der Waals surface area contributed by atoms with Crippen LogP contribution in [-0.4, -0.2) is 36.9 Å². The summed E-state index contributed by atoms with van der Waals surface area (Å²) in [5, 5.41) is 0. The Balaban J connectivity index is 0.000000240. The number of Topliss-reactive ketones (excluding diaryl/α,β-unsaturated/α-hetero) is 1. The van der Waals surface area contributed by atoms with E-state index in [1.165, 1.54) is 30.4 Å². The molecule has 2 aliphatic carbocycles. The minimum atomic E-state index is 0.407. The summed E-state index contributed by atoms with van der Waals surface area (Å²) in [5.41, 5.74) is 2.69. The fourth-order valence-electron chi connectivity index (χ4n) is 2.61. The van der Waals surface area contributed by atoms with Crippen molar-refractivity contribution in [3.05, 3.63) is 18.2 Å². The Labute approximate surface area is 148 Å². The van der Waals surface area contributed by atoms with Crippen molar-refractivity contribution < 1.29 is 9.53 Å². The number of rotatable bonds is 12. The zero-order chi connectivity index (χ0) is 17.8. The summed E-state index contributed by atoms with van der Waals surface area (Å²) < 4.78 is 5.60. The quantitative estimate of drug-likeness (QED) is 0.492. The third-order valence-electron chi connectivity index (χ3n) is 4.34. The van der Waals surface area contributed by atoms with E-state index in [0.29, 0.717) is 5.78 Å². The van der Waals surface area contributed by atoms with Gasteiger partial charge in [0.25, 0.3) is 0 Å². The SMILES string of the molecule is CCCC(=O)CCN(CC)CC.CCCCCOc1ccc2cc1-2. The molecule has 0 amide bonds. The lowest BCUT2D eigenvalue weighted by atomic mass is 10.2. The fourth-order valence-corrected chi connectivity index (χ4v) is 2.61. The standard InChI is InChI=1S/C11H14O.C10H21NO/c1-2-3-4-7-12-11-6-5-9-8-10(9)11;1-4-7-10(12)8-9-11(5-2)6-3/h5-6,8H,2-4,7H2,1H3;4-9H2,1-3H3. The molecule has 0 saturated heterocycles. The number of carbonyl (C=O) groups excluding carboxylic acids is 1. The maximum absolute atomic E-state index is 11.2. The summed E-state index contributed by atoms with van der Waals surface area (Å²) in [6.07, 6.45) is 6.17. The van der Waals surface area contributed by atoms with Gasteiger partial charge < -0.3 is 9.64 Å². The summed E-state index contributed by atoms with van der Waals surface area (Å²) in [6, 6.07) is 6.34. The Bertz CT molecular complexity index is 481. The maximum Gasteiger partial charge on any atom is 0.134 e. The summed E-state index contributed by atoms with van der Waals surface area (Å²) in [6.45, 7) is 12.4. The molecule has 0 aromatic rings. The van der Waals surface area contributed by atoms with Crippen molar-refractivity contribution in [1.29, 1.82) is 0 Å². The van der Waals surface area contributed by atoms with Crippen LogP contribution in [0.15, 0.2) is 18.2 Å². The van der Waals surface area contributed by atoms with E-state index in [4.69, 9.17) is 4.74 Å². The molecule has 0 bridgehead atoms. The molecule has 2 rings (SSSR count). The lowest BCUT2D eigenvalue weighted by Gasteiger charge is -2.16. The zero-order valence-corrected chi connectivity index (χ0v) is 16.1. The minimum Gasteiger partial charge on any atom is -0.493 e. The molecule has 0 fully saturated rings. The van der Waals surface area contributed by atoms with Crippen LogP contribution in [0.1, 0.15) is 66.2 Å². The normalized spacial score (nSPS) is 11.0. The van der Waals surface area contributed by atoms with E-state index in [1.807, 2.05) is 0 Å². The molecule has 0 aromatic carbocycles. The van der Waals surface area contributed by atoms with Crippen molar-refractivity contribution in [2.75, 3.05) is 26.2 Å². The molecule has 0 saturated carbocycles. The van der Waals surface area contributed by atoms with Crippen molar-refractivity contribution >= 4 is 5.78 Å². The number of ether oxygens (including phenoxy) is 1. The molecule has 0 N–H and O–H groups in total. The van der Waals surface area contributed by atoms with Gasteiger partial charge in [0.1, 0.15) is 11.5 Å². The molecule has 0 aromatic heterocycles. The lowest BCUT2D eigenvalue weighted by molar-refractivity contribution is -0.119. The highest BCUT2D eigenvalue weighted by Crippen LogP contribution is 2.43. The Morgan fingerprint density at radius 2 is 1.75 bits per heavy atom. The van der Waals surface area contributed by atoms with Crippen LogP contribution in [0.25, 0.3) is 11.1 Å². The fraction of sp³-hybridized carbons (Fsp3) is 0.667. The first-order valence-corrected chi connectivity index (χ1v) is 9.67. The molecule has 0 atom stereocenters. The molecular weight excluding hydrogens is 298 g/mol. The van der Waals surface area contributed by atoms with Gasteiger partial charge in [0, 0.05) is 24.9 Å². The van der Waals surface area contributed by atoms with Crippen molar-refractivity contribution in [2.45, 2.75) is 66.2 Å². The van der Waals surface area contributed by atoms with E-state index in [0.717, 1.165) is 51.3 Å². The van der Waals surface area contributed by atoms with E-state index in [9.17, 15) is 4.79 Å². The second kappa shape index (κ2) is 12.1. The predicted octanol–water partition coefficient (Wildman–Crippen LogP) is 5.32. The van der Waals surface area contributed by atoms with Crippen LogP contribution >= 0.6 is 0 Å². The third-order valence-corrected chi connectivity index (χ3v) is 4.34. The molecular formula is C21H35NO2. The average molecular weight is 334 g/mol. The molecule has 136 valence electrons. The van der Waals surface area contributed by atoms with Gasteiger partial charge in [0.15, 0.2) is 0 Å². The van der Waals surface area contributed by atoms with Crippen LogP contribution in [0.4, 0.5) is 0 Å². The topological polar surface area (TPSA) is 29.5 Å². The first-order chi connectivity index (χ1) is 11.7. The number of unbranched alkanes of at least 4 members (excludes halogenated alkanes) is 2. The van der Waals surface area contributed by atoms with E-state index in [2.05, 4.69) is 50.8 Å². The molecule has 0 heterocycles. The number of carbonyl (C=O) groups is 1. The van der Waals surface area contributed by atoms with Gasteiger partial charge in [-0.3, -0.25) is 4.79 Å². The molecule has 2 aliphatic rings. The second-order valence-corrected chi connectivity index (χ2v) is 6.33. The van der Waals surface area contributed by atoms with Crippen LogP contribution in [0.2, 0.25) is 0 Å². The van der Waals surface area contributed by atoms with E-state index in [1.54, 1.807) is 0 Å². The van der Waals surface area contributed by atoms with Crippen LogP contribution in [0.3, 0.4) is 0 Å². The number of ketones is 1. The first-order valence-electron chi connectivity index (χ1n) is 9.67. The smallest absolute Gasteiger partial charge is 0.134 e. The first kappa shape index (κ1) is 20.7. The number of nitrogens with zero attached hydrogens (tertiary/aromatic N) is 1. The lowest BCUT2D eigenvalue weighted by Crippen LogP contribution is -2.25. The van der Waals surface area contributed by atoms with Crippen LogP contribution < -0.4 is 4.74 Å². The van der Waals surface area contributed by atoms with Gasteiger partial charge in [-0.15, -0.1) is 0 Å². The molecule has 0 unspecified atom stereocenters. The summed E-state index contributed by atoms with van der Waals surface area (Å²) in [4.78, 5) is 13.4. The van der Waals surface area contributed by atoms with Gasteiger partial charge in [-0.1, -0.05) is 46.6 Å². The highest BCUT2D eigenvalue weighted by Gasteiger charge is 2.17. The Morgan fingerprint density at radius 3 is 2.25 bits per heavy atom. The number of hydrogen-bond donors (Lipinski definition) is 0. The van der Waals surface area contributed by atoms with E-state index >= 15 is 0 Å². The molecule has 0 radical (unpaired) electrons. The largest absolute Gasteiger partial charge is 0.493 e. The summed E-state index contributed by atoms with van der Waals surface area (Å²) >= 11 is 0. The minimum absolute atomic E-state index is 0.407. The number of hydrogen-bond acceptors (Lipinski definition) is 3. The Hall–Kier alpha value is -1.35. The van der Waals surface area contributed by atoms with Crippen molar-refractivity contribution in [3.8, 4) is 16.9 Å². The predicted molar refractivity (Wildman–Crippen MR) is 103 cm³/mol. The van der Waals surface area contributed by atoms with Gasteiger partial charge in [0.05, 0.1) is 6.61 Å². The van der Waals surface area contributed by atoms with Crippen LogP contribution in [0.5, 0.6) is 5.75 Å². The van der Waals surface area contributed by atoms with Gasteiger partial charge in [-0.25, -0.2) is 0 Å².